The van der Waals surface area contributed by atoms with Gasteiger partial charge in [0.2, 0.25) is 5.91 Å². The Labute approximate surface area is 198 Å². The average Bonchev–Trinajstić information content (AvgIpc) is 2.75. The van der Waals surface area contributed by atoms with E-state index in [9.17, 15) is 14.4 Å². The second-order valence-electron chi connectivity index (χ2n) is 10.2. The average molecular weight is 461 g/mol. The normalized spacial score (nSPS) is 19.5. The molecular formula is C26H40N2O5. The van der Waals surface area contributed by atoms with Crippen molar-refractivity contribution in [3.8, 4) is 0 Å². The van der Waals surface area contributed by atoms with Crippen LogP contribution < -0.4 is 10.6 Å². The number of carbonyl (C=O) groups is 3. The third kappa shape index (κ3) is 9.84. The smallest absolute Gasteiger partial charge is 0.407 e. The number of ether oxygens (including phenoxy) is 2. The number of amides is 2. The van der Waals surface area contributed by atoms with Gasteiger partial charge < -0.3 is 20.1 Å². The van der Waals surface area contributed by atoms with Crippen LogP contribution in [0.4, 0.5) is 4.79 Å². The zero-order valence-electron chi connectivity index (χ0n) is 20.7. The highest BCUT2D eigenvalue weighted by atomic mass is 16.6. The van der Waals surface area contributed by atoms with Crippen molar-refractivity contribution in [3.63, 3.8) is 0 Å². The Morgan fingerprint density at radius 1 is 1.03 bits per heavy atom. The number of nitrogens with one attached hydrogen (secondary N) is 2. The Morgan fingerprint density at radius 3 is 2.24 bits per heavy atom. The zero-order valence-corrected chi connectivity index (χ0v) is 20.7. The molecule has 2 N–H and O–H groups in total. The van der Waals surface area contributed by atoms with Crippen LogP contribution in [0.2, 0.25) is 0 Å². The SMILES string of the molecule is CC(C)[C@H]1CC[C@H](C(=O)N[C@H](Cc2ccccc2)C(=O)OCCNC(=O)OC(C)(C)C)CC1. The van der Waals surface area contributed by atoms with E-state index in [2.05, 4.69) is 24.5 Å². The van der Waals surface area contributed by atoms with Crippen LogP contribution in [0.25, 0.3) is 0 Å². The van der Waals surface area contributed by atoms with E-state index in [4.69, 9.17) is 9.47 Å². The van der Waals surface area contributed by atoms with Crippen LogP contribution in [0.15, 0.2) is 30.3 Å². The molecule has 2 amide bonds. The van der Waals surface area contributed by atoms with Gasteiger partial charge in [-0.3, -0.25) is 4.79 Å². The lowest BCUT2D eigenvalue weighted by molar-refractivity contribution is -0.148. The van der Waals surface area contributed by atoms with Crippen LogP contribution >= 0.6 is 0 Å². The maximum atomic E-state index is 12.9. The van der Waals surface area contributed by atoms with Gasteiger partial charge in [-0.05, 0) is 63.9 Å². The van der Waals surface area contributed by atoms with Crippen LogP contribution in [0.1, 0.15) is 65.9 Å². The number of esters is 1. The second kappa shape index (κ2) is 12.6. The van der Waals surface area contributed by atoms with Crippen molar-refractivity contribution in [2.45, 2.75) is 78.4 Å². The monoisotopic (exact) mass is 460 g/mol. The van der Waals surface area contributed by atoms with Crippen LogP contribution in [0.3, 0.4) is 0 Å². The standard InChI is InChI=1S/C26H40N2O5/c1-18(2)20-11-13-21(14-12-20)23(29)28-22(17-19-9-7-6-8-10-19)24(30)32-16-15-27-25(31)33-26(3,4)5/h6-10,18,20-22H,11-17H2,1-5H3,(H,27,31)(H,28,29)/t20-,21-,22-/m1/s1. The molecule has 0 aromatic heterocycles. The molecule has 1 aliphatic carbocycles. The summed E-state index contributed by atoms with van der Waals surface area (Å²) in [6.07, 6.45) is 3.57. The highest BCUT2D eigenvalue weighted by molar-refractivity contribution is 5.86. The molecule has 0 bridgehead atoms. The van der Waals surface area contributed by atoms with Crippen molar-refractivity contribution in [1.82, 2.24) is 10.6 Å². The molecule has 1 atom stereocenters. The zero-order chi connectivity index (χ0) is 24.4. The fraction of sp³-hybridized carbons (Fsp3) is 0.654. The Kier molecular flexibility index (Phi) is 10.2. The molecular weight excluding hydrogens is 420 g/mol. The van der Waals surface area contributed by atoms with Gasteiger partial charge in [0.25, 0.3) is 0 Å². The van der Waals surface area contributed by atoms with E-state index in [1.807, 2.05) is 30.3 Å². The number of rotatable bonds is 9. The molecule has 2 rings (SSSR count). The first-order chi connectivity index (χ1) is 15.5. The molecule has 33 heavy (non-hydrogen) atoms. The summed E-state index contributed by atoms with van der Waals surface area (Å²) < 4.78 is 10.5. The van der Waals surface area contributed by atoms with Gasteiger partial charge in [0.15, 0.2) is 0 Å². The van der Waals surface area contributed by atoms with Crippen LogP contribution in [0, 0.1) is 17.8 Å². The lowest BCUT2D eigenvalue weighted by Crippen LogP contribution is -2.47. The van der Waals surface area contributed by atoms with Crippen molar-refractivity contribution in [1.29, 1.82) is 0 Å². The molecule has 1 aliphatic rings. The third-order valence-electron chi connectivity index (χ3n) is 5.98. The predicted octanol–water partition coefficient (Wildman–Crippen LogP) is 4.24. The number of hydrogen-bond acceptors (Lipinski definition) is 5. The van der Waals surface area contributed by atoms with E-state index in [0.717, 1.165) is 31.2 Å². The number of hydrogen-bond donors (Lipinski definition) is 2. The van der Waals surface area contributed by atoms with Crippen molar-refractivity contribution in [3.05, 3.63) is 35.9 Å². The second-order valence-corrected chi connectivity index (χ2v) is 10.2. The first-order valence-corrected chi connectivity index (χ1v) is 12.0. The largest absolute Gasteiger partial charge is 0.462 e. The van der Waals surface area contributed by atoms with E-state index in [1.54, 1.807) is 20.8 Å². The van der Waals surface area contributed by atoms with E-state index in [-0.39, 0.29) is 25.0 Å². The summed E-state index contributed by atoms with van der Waals surface area (Å²) in [5, 5.41) is 5.50. The van der Waals surface area contributed by atoms with Crippen molar-refractivity contribution < 1.29 is 23.9 Å². The number of alkyl carbamates (subject to hydrolysis) is 1. The van der Waals surface area contributed by atoms with E-state index in [1.165, 1.54) is 0 Å². The summed E-state index contributed by atoms with van der Waals surface area (Å²) in [6, 6.07) is 8.78. The molecule has 184 valence electrons. The summed E-state index contributed by atoms with van der Waals surface area (Å²) in [5.74, 6) is 0.636. The molecule has 0 saturated heterocycles. The van der Waals surface area contributed by atoms with Crippen LogP contribution in [-0.4, -0.2) is 42.8 Å². The summed E-state index contributed by atoms with van der Waals surface area (Å²) in [5.41, 5.74) is 0.343. The van der Waals surface area contributed by atoms with Crippen molar-refractivity contribution >= 4 is 18.0 Å². The van der Waals surface area contributed by atoms with Gasteiger partial charge >= 0.3 is 12.1 Å². The van der Waals surface area contributed by atoms with Crippen molar-refractivity contribution in [2.75, 3.05) is 13.2 Å². The van der Waals surface area contributed by atoms with Crippen molar-refractivity contribution in [2.24, 2.45) is 17.8 Å². The number of carbonyl (C=O) groups excluding carboxylic acids is 3. The Hall–Kier alpha value is -2.57. The summed E-state index contributed by atoms with van der Waals surface area (Å²) >= 11 is 0. The fourth-order valence-electron chi connectivity index (χ4n) is 4.10. The molecule has 0 radical (unpaired) electrons. The molecule has 0 aliphatic heterocycles. The van der Waals surface area contributed by atoms with Gasteiger partial charge in [0.1, 0.15) is 18.2 Å². The topological polar surface area (TPSA) is 93.7 Å². The van der Waals surface area contributed by atoms with E-state index in [0.29, 0.717) is 18.3 Å². The Bertz CT molecular complexity index is 765. The Balaban J connectivity index is 1.90. The Morgan fingerprint density at radius 2 is 1.67 bits per heavy atom. The highest BCUT2D eigenvalue weighted by Crippen LogP contribution is 2.33. The van der Waals surface area contributed by atoms with Gasteiger partial charge in [0, 0.05) is 12.3 Å². The molecule has 0 spiro atoms. The predicted molar refractivity (Wildman–Crippen MR) is 128 cm³/mol. The van der Waals surface area contributed by atoms with Crippen LogP contribution in [-0.2, 0) is 25.5 Å². The molecule has 1 aromatic rings. The molecule has 7 nitrogen and oxygen atoms in total. The molecule has 1 saturated carbocycles. The maximum Gasteiger partial charge on any atom is 0.407 e. The number of benzene rings is 1. The lowest BCUT2D eigenvalue weighted by Gasteiger charge is -2.31. The molecule has 0 heterocycles. The molecule has 1 aromatic carbocycles. The summed E-state index contributed by atoms with van der Waals surface area (Å²) in [7, 11) is 0. The quantitative estimate of drug-likeness (QED) is 0.425. The maximum absolute atomic E-state index is 12.9. The van der Waals surface area contributed by atoms with Gasteiger partial charge in [-0.1, -0.05) is 44.2 Å². The van der Waals surface area contributed by atoms with Gasteiger partial charge in [-0.15, -0.1) is 0 Å². The molecule has 0 unspecified atom stereocenters. The fourth-order valence-corrected chi connectivity index (χ4v) is 4.10. The van der Waals surface area contributed by atoms with Gasteiger partial charge in [0.05, 0.1) is 6.54 Å². The molecule has 7 heteroatoms. The van der Waals surface area contributed by atoms with Gasteiger partial charge in [-0.2, -0.15) is 0 Å². The minimum atomic E-state index is -0.774. The van der Waals surface area contributed by atoms with Crippen LogP contribution in [0.5, 0.6) is 0 Å². The summed E-state index contributed by atoms with van der Waals surface area (Å²) in [6.45, 7) is 9.92. The minimum absolute atomic E-state index is 0.00126. The van der Waals surface area contributed by atoms with E-state index >= 15 is 0 Å². The first kappa shape index (κ1) is 26.7. The highest BCUT2D eigenvalue weighted by Gasteiger charge is 2.31. The lowest BCUT2D eigenvalue weighted by atomic mass is 9.76. The van der Waals surface area contributed by atoms with Gasteiger partial charge in [-0.25, -0.2) is 9.59 Å². The third-order valence-corrected chi connectivity index (χ3v) is 5.98. The van der Waals surface area contributed by atoms with E-state index < -0.39 is 23.7 Å². The minimum Gasteiger partial charge on any atom is -0.462 e. The molecule has 1 fully saturated rings. The first-order valence-electron chi connectivity index (χ1n) is 12.0. The summed E-state index contributed by atoms with van der Waals surface area (Å²) in [4.78, 5) is 37.5.